The van der Waals surface area contributed by atoms with E-state index in [0.29, 0.717) is 0 Å². The molecule has 0 aliphatic rings. The molecule has 0 bridgehead atoms. The van der Waals surface area contributed by atoms with E-state index in [1.54, 1.807) is 0 Å². The summed E-state index contributed by atoms with van der Waals surface area (Å²) >= 11 is 5.34. The van der Waals surface area contributed by atoms with Crippen molar-refractivity contribution < 1.29 is 8.78 Å². The van der Waals surface area contributed by atoms with Gasteiger partial charge in [0.2, 0.25) is 0 Å². The molecule has 10 heavy (non-hydrogen) atoms. The molecule has 0 nitrogen and oxygen atoms in total. The largest absolute Gasteiger partial charge is 0.207 e. The first-order chi connectivity index (χ1) is 4.63. The van der Waals surface area contributed by atoms with Crippen molar-refractivity contribution in [1.82, 2.24) is 0 Å². The molecule has 1 aromatic carbocycles. The van der Waals surface area contributed by atoms with Crippen LogP contribution in [0.3, 0.4) is 0 Å². The van der Waals surface area contributed by atoms with Crippen LogP contribution in [0.1, 0.15) is 5.56 Å². The van der Waals surface area contributed by atoms with E-state index in [4.69, 9.17) is 11.6 Å². The van der Waals surface area contributed by atoms with Crippen LogP contribution in [0.4, 0.5) is 8.78 Å². The maximum absolute atomic E-state index is 12.6. The van der Waals surface area contributed by atoms with Crippen LogP contribution in [-0.2, 0) is 0 Å². The summed E-state index contributed by atoms with van der Waals surface area (Å²) in [4.78, 5) is 0. The van der Waals surface area contributed by atoms with Crippen molar-refractivity contribution in [3.8, 4) is 0 Å². The minimum absolute atomic E-state index is 0.0347. The van der Waals surface area contributed by atoms with E-state index in [2.05, 4.69) is 0 Å². The van der Waals surface area contributed by atoms with Gasteiger partial charge in [0, 0.05) is 5.56 Å². The molecule has 0 spiro atoms. The predicted molar refractivity (Wildman–Crippen MR) is 36.1 cm³/mol. The summed E-state index contributed by atoms with van der Waals surface area (Å²) in [6.45, 7) is 1.34. The summed E-state index contributed by atoms with van der Waals surface area (Å²) in [6, 6.07) is 2.33. The van der Waals surface area contributed by atoms with Gasteiger partial charge >= 0.3 is 0 Å². The van der Waals surface area contributed by atoms with E-state index in [-0.39, 0.29) is 10.6 Å². The topological polar surface area (TPSA) is 0 Å². The Labute approximate surface area is 62.4 Å². The van der Waals surface area contributed by atoms with Crippen molar-refractivity contribution in [2.45, 2.75) is 6.92 Å². The minimum Gasteiger partial charge on any atom is -0.207 e. The molecule has 0 aliphatic carbocycles. The molecule has 0 amide bonds. The molecule has 0 aromatic heterocycles. The molecule has 0 unspecified atom stereocenters. The van der Waals surface area contributed by atoms with E-state index < -0.39 is 11.6 Å². The first kappa shape index (κ1) is 7.48. The second-order valence-corrected chi connectivity index (χ2v) is 2.38. The molecule has 0 radical (unpaired) electrons. The molecular formula is C7H5ClF2. The molecule has 0 saturated heterocycles. The van der Waals surface area contributed by atoms with Gasteiger partial charge in [-0.2, -0.15) is 0 Å². The van der Waals surface area contributed by atoms with Gasteiger partial charge in [-0.3, -0.25) is 0 Å². The third kappa shape index (κ3) is 1.12. The average Bonchev–Trinajstić information content (AvgIpc) is 1.93. The van der Waals surface area contributed by atoms with Crippen molar-refractivity contribution in [1.29, 1.82) is 0 Å². The zero-order valence-electron chi connectivity index (χ0n) is 5.29. The summed E-state index contributed by atoms with van der Waals surface area (Å²) in [5.74, 6) is -1.25. The van der Waals surface area contributed by atoms with Crippen molar-refractivity contribution in [3.05, 3.63) is 34.4 Å². The lowest BCUT2D eigenvalue weighted by atomic mass is 10.2. The summed E-state index contributed by atoms with van der Waals surface area (Å²) in [5.41, 5.74) is -0.0347. The Morgan fingerprint density at radius 1 is 1.30 bits per heavy atom. The Bertz CT molecular complexity index is 231. The number of benzene rings is 1. The molecule has 0 atom stereocenters. The highest BCUT2D eigenvalue weighted by molar-refractivity contribution is 6.30. The summed E-state index contributed by atoms with van der Waals surface area (Å²) in [6.07, 6.45) is 0. The Kier molecular flexibility index (Phi) is 1.90. The second kappa shape index (κ2) is 2.54. The average molecular weight is 163 g/mol. The van der Waals surface area contributed by atoms with Crippen LogP contribution in [-0.4, -0.2) is 0 Å². The van der Waals surface area contributed by atoms with Gasteiger partial charge in [-0.05, 0) is 19.1 Å². The van der Waals surface area contributed by atoms with E-state index in [1.807, 2.05) is 0 Å². The molecule has 0 N–H and O–H groups in total. The van der Waals surface area contributed by atoms with E-state index >= 15 is 0 Å². The first-order valence-electron chi connectivity index (χ1n) is 2.73. The number of hydrogen-bond donors (Lipinski definition) is 0. The fraction of sp³-hybridized carbons (Fsp3) is 0.143. The molecule has 3 heteroatoms. The van der Waals surface area contributed by atoms with Crippen LogP contribution in [0, 0.1) is 18.6 Å². The summed E-state index contributed by atoms with van der Waals surface area (Å²) < 4.78 is 25.1. The lowest BCUT2D eigenvalue weighted by Gasteiger charge is -1.98. The highest BCUT2D eigenvalue weighted by Gasteiger charge is 2.06. The first-order valence-corrected chi connectivity index (χ1v) is 3.11. The maximum Gasteiger partial charge on any atom is 0.147 e. The van der Waals surface area contributed by atoms with Gasteiger partial charge in [0.05, 0.1) is 5.02 Å². The summed E-state index contributed by atoms with van der Waals surface area (Å²) in [7, 11) is 0. The van der Waals surface area contributed by atoms with E-state index in [9.17, 15) is 8.78 Å². The Morgan fingerprint density at radius 2 is 1.90 bits per heavy atom. The Hall–Kier alpha value is -0.630. The van der Waals surface area contributed by atoms with Crippen molar-refractivity contribution >= 4 is 11.6 Å². The van der Waals surface area contributed by atoms with Crippen LogP contribution in [0.25, 0.3) is 0 Å². The molecular weight excluding hydrogens is 158 g/mol. The number of halogens is 3. The molecule has 54 valence electrons. The third-order valence-electron chi connectivity index (χ3n) is 1.27. The van der Waals surface area contributed by atoms with Gasteiger partial charge in [-0.1, -0.05) is 11.6 Å². The quantitative estimate of drug-likeness (QED) is 0.515. The maximum atomic E-state index is 12.6. The van der Waals surface area contributed by atoms with Crippen molar-refractivity contribution in [3.63, 3.8) is 0 Å². The van der Waals surface area contributed by atoms with Gasteiger partial charge in [0.1, 0.15) is 11.6 Å². The highest BCUT2D eigenvalue weighted by Crippen LogP contribution is 2.19. The van der Waals surface area contributed by atoms with Gasteiger partial charge in [0.25, 0.3) is 0 Å². The minimum atomic E-state index is -0.679. The molecule has 1 rings (SSSR count). The fourth-order valence-corrected chi connectivity index (χ4v) is 0.833. The monoisotopic (exact) mass is 162 g/mol. The van der Waals surface area contributed by atoms with Gasteiger partial charge < -0.3 is 0 Å². The zero-order valence-corrected chi connectivity index (χ0v) is 6.04. The second-order valence-electron chi connectivity index (χ2n) is 1.97. The summed E-state index contributed by atoms with van der Waals surface area (Å²) in [5, 5.41) is -0.0427. The van der Waals surface area contributed by atoms with Gasteiger partial charge in [-0.25, -0.2) is 8.78 Å². The normalized spacial score (nSPS) is 10.0. The van der Waals surface area contributed by atoms with Crippen LogP contribution in [0.5, 0.6) is 0 Å². The highest BCUT2D eigenvalue weighted by atomic mass is 35.5. The molecule has 0 aliphatic heterocycles. The smallest absolute Gasteiger partial charge is 0.147 e. The lowest BCUT2D eigenvalue weighted by Crippen LogP contribution is -1.87. The Morgan fingerprint density at radius 3 is 2.40 bits per heavy atom. The molecule has 0 saturated carbocycles. The molecule has 0 fully saturated rings. The van der Waals surface area contributed by atoms with E-state index in [0.717, 1.165) is 6.07 Å². The molecule has 0 heterocycles. The van der Waals surface area contributed by atoms with Crippen LogP contribution >= 0.6 is 11.6 Å². The van der Waals surface area contributed by atoms with Crippen LogP contribution in [0.2, 0.25) is 5.02 Å². The van der Waals surface area contributed by atoms with Gasteiger partial charge in [-0.15, -0.1) is 0 Å². The third-order valence-corrected chi connectivity index (χ3v) is 1.57. The van der Waals surface area contributed by atoms with Crippen LogP contribution in [0.15, 0.2) is 12.1 Å². The zero-order chi connectivity index (χ0) is 7.72. The predicted octanol–water partition coefficient (Wildman–Crippen LogP) is 2.93. The Balaban J connectivity index is 3.34. The fourth-order valence-electron chi connectivity index (χ4n) is 0.628. The van der Waals surface area contributed by atoms with Gasteiger partial charge in [0.15, 0.2) is 0 Å². The van der Waals surface area contributed by atoms with Crippen molar-refractivity contribution in [2.24, 2.45) is 0 Å². The number of hydrogen-bond acceptors (Lipinski definition) is 0. The van der Waals surface area contributed by atoms with E-state index in [1.165, 1.54) is 13.0 Å². The number of rotatable bonds is 0. The molecule has 1 aromatic rings. The SMILES string of the molecule is Cc1c(F)ccc(Cl)c1F. The van der Waals surface area contributed by atoms with Crippen LogP contribution < -0.4 is 0 Å². The lowest BCUT2D eigenvalue weighted by molar-refractivity contribution is 0.568. The van der Waals surface area contributed by atoms with Crippen molar-refractivity contribution in [2.75, 3.05) is 0 Å². The standard InChI is InChI=1S/C7H5ClF2/c1-4-6(9)3-2-5(8)7(4)10/h2-3H,1H3.